The summed E-state index contributed by atoms with van der Waals surface area (Å²) in [6.45, 7) is 5.19. The van der Waals surface area contributed by atoms with Crippen LogP contribution < -0.4 is 0 Å². The van der Waals surface area contributed by atoms with Gasteiger partial charge in [0.1, 0.15) is 0 Å². The van der Waals surface area contributed by atoms with Crippen molar-refractivity contribution >= 4 is 0 Å². The Kier molecular flexibility index (Phi) is 2.13. The Morgan fingerprint density at radius 1 is 1.17 bits per heavy atom. The van der Waals surface area contributed by atoms with Crippen molar-refractivity contribution in [2.45, 2.75) is 38.9 Å². The Morgan fingerprint density at radius 2 is 1.92 bits per heavy atom. The third kappa shape index (κ3) is 1.17. The van der Waals surface area contributed by atoms with Gasteiger partial charge in [-0.2, -0.15) is 0 Å². The summed E-state index contributed by atoms with van der Waals surface area (Å²) >= 11 is 0. The van der Waals surface area contributed by atoms with E-state index in [1.54, 1.807) is 0 Å². The largest absolute Gasteiger partial charge is 0.390 e. The smallest absolute Gasteiger partial charge is 0.0868 e. The normalized spacial score (nSPS) is 53.8. The molecule has 0 amide bonds. The van der Waals surface area contributed by atoms with Crippen LogP contribution in [0, 0.1) is 17.8 Å². The lowest BCUT2D eigenvalue weighted by molar-refractivity contribution is -0.0665. The standard InChI is InChI=1S/C10H18O2/c1-6-3-4-8-7(2)5-12-10(8)9(6)11/h6-11H,3-5H2,1-2H3. The van der Waals surface area contributed by atoms with Crippen molar-refractivity contribution in [1.82, 2.24) is 0 Å². The number of hydrogen-bond acceptors (Lipinski definition) is 2. The van der Waals surface area contributed by atoms with Gasteiger partial charge >= 0.3 is 0 Å². The van der Waals surface area contributed by atoms with Crippen molar-refractivity contribution in [3.05, 3.63) is 0 Å². The van der Waals surface area contributed by atoms with E-state index in [4.69, 9.17) is 4.74 Å². The average Bonchev–Trinajstić information content (AvgIpc) is 2.41. The summed E-state index contributed by atoms with van der Waals surface area (Å²) in [4.78, 5) is 0. The summed E-state index contributed by atoms with van der Waals surface area (Å²) in [5, 5.41) is 9.84. The van der Waals surface area contributed by atoms with E-state index in [2.05, 4.69) is 13.8 Å². The van der Waals surface area contributed by atoms with E-state index >= 15 is 0 Å². The minimum absolute atomic E-state index is 0.142. The van der Waals surface area contributed by atoms with Crippen LogP contribution in [0.2, 0.25) is 0 Å². The first kappa shape index (κ1) is 8.52. The molecule has 1 saturated carbocycles. The van der Waals surface area contributed by atoms with Gasteiger partial charge in [0.15, 0.2) is 0 Å². The summed E-state index contributed by atoms with van der Waals surface area (Å²) in [6.07, 6.45) is 2.33. The lowest BCUT2D eigenvalue weighted by Crippen LogP contribution is -2.41. The van der Waals surface area contributed by atoms with Crippen LogP contribution in [0.1, 0.15) is 26.7 Å². The van der Waals surface area contributed by atoms with E-state index in [0.717, 1.165) is 13.0 Å². The molecule has 12 heavy (non-hydrogen) atoms. The molecule has 1 N–H and O–H groups in total. The predicted octanol–water partition coefficient (Wildman–Crippen LogP) is 1.43. The Hall–Kier alpha value is -0.0800. The third-order valence-electron chi connectivity index (χ3n) is 3.58. The van der Waals surface area contributed by atoms with Gasteiger partial charge < -0.3 is 9.84 Å². The van der Waals surface area contributed by atoms with Gasteiger partial charge in [-0.05, 0) is 30.6 Å². The van der Waals surface area contributed by atoms with Gasteiger partial charge in [0, 0.05) is 0 Å². The monoisotopic (exact) mass is 170 g/mol. The lowest BCUT2D eigenvalue weighted by Gasteiger charge is -2.35. The fourth-order valence-corrected chi connectivity index (χ4v) is 2.58. The maximum Gasteiger partial charge on any atom is 0.0868 e. The van der Waals surface area contributed by atoms with E-state index < -0.39 is 0 Å². The van der Waals surface area contributed by atoms with Crippen LogP contribution in [0.15, 0.2) is 0 Å². The molecule has 2 nitrogen and oxygen atoms in total. The highest BCUT2D eigenvalue weighted by Crippen LogP contribution is 2.40. The molecule has 70 valence electrons. The SMILES string of the molecule is CC1CCC2C(C)COC2C1O. The summed E-state index contributed by atoms with van der Waals surface area (Å²) in [5.74, 6) is 1.70. The molecule has 0 radical (unpaired) electrons. The van der Waals surface area contributed by atoms with E-state index in [9.17, 15) is 5.11 Å². The predicted molar refractivity (Wildman–Crippen MR) is 46.8 cm³/mol. The quantitative estimate of drug-likeness (QED) is 0.596. The summed E-state index contributed by atoms with van der Waals surface area (Å²) in [5.41, 5.74) is 0. The summed E-state index contributed by atoms with van der Waals surface area (Å²) in [7, 11) is 0. The van der Waals surface area contributed by atoms with Gasteiger partial charge in [-0.25, -0.2) is 0 Å². The third-order valence-corrected chi connectivity index (χ3v) is 3.58. The molecule has 0 aromatic carbocycles. The van der Waals surface area contributed by atoms with Crippen LogP contribution in [-0.4, -0.2) is 23.9 Å². The number of rotatable bonds is 0. The first-order chi connectivity index (χ1) is 5.70. The van der Waals surface area contributed by atoms with Crippen molar-refractivity contribution in [1.29, 1.82) is 0 Å². The van der Waals surface area contributed by atoms with E-state index in [0.29, 0.717) is 17.8 Å². The molecular weight excluding hydrogens is 152 g/mol. The lowest BCUT2D eigenvalue weighted by atomic mass is 9.75. The van der Waals surface area contributed by atoms with Crippen LogP contribution in [-0.2, 0) is 4.74 Å². The van der Waals surface area contributed by atoms with Crippen molar-refractivity contribution in [3.63, 3.8) is 0 Å². The maximum atomic E-state index is 9.84. The van der Waals surface area contributed by atoms with Crippen LogP contribution in [0.3, 0.4) is 0 Å². The summed E-state index contributed by atoms with van der Waals surface area (Å²) < 4.78 is 5.60. The molecule has 0 aromatic rings. The van der Waals surface area contributed by atoms with E-state index in [1.807, 2.05) is 0 Å². The molecule has 5 unspecified atom stereocenters. The molecule has 2 rings (SSSR count). The molecule has 0 spiro atoms. The Balaban J connectivity index is 2.09. The second-order valence-electron chi connectivity index (χ2n) is 4.48. The highest BCUT2D eigenvalue weighted by atomic mass is 16.5. The van der Waals surface area contributed by atoms with Crippen LogP contribution in [0.25, 0.3) is 0 Å². The van der Waals surface area contributed by atoms with Crippen molar-refractivity contribution in [2.24, 2.45) is 17.8 Å². The van der Waals surface area contributed by atoms with E-state index in [1.165, 1.54) is 6.42 Å². The molecule has 1 aliphatic carbocycles. The van der Waals surface area contributed by atoms with Gasteiger partial charge in [-0.15, -0.1) is 0 Å². The minimum Gasteiger partial charge on any atom is -0.390 e. The minimum atomic E-state index is -0.214. The first-order valence-electron chi connectivity index (χ1n) is 5.00. The second kappa shape index (κ2) is 3.00. The zero-order chi connectivity index (χ0) is 8.72. The fourth-order valence-electron chi connectivity index (χ4n) is 2.58. The number of ether oxygens (including phenoxy) is 1. The number of aliphatic hydroxyl groups excluding tert-OH is 1. The Morgan fingerprint density at radius 3 is 2.67 bits per heavy atom. The molecule has 5 atom stereocenters. The molecule has 0 bridgehead atoms. The average molecular weight is 170 g/mol. The number of hydrogen-bond donors (Lipinski definition) is 1. The van der Waals surface area contributed by atoms with Gasteiger partial charge in [-0.1, -0.05) is 13.8 Å². The highest BCUT2D eigenvalue weighted by molar-refractivity contribution is 4.92. The van der Waals surface area contributed by atoms with Gasteiger partial charge in [0.2, 0.25) is 0 Å². The maximum absolute atomic E-state index is 9.84. The van der Waals surface area contributed by atoms with Crippen molar-refractivity contribution in [3.8, 4) is 0 Å². The van der Waals surface area contributed by atoms with Gasteiger partial charge in [-0.3, -0.25) is 0 Å². The molecule has 1 aliphatic heterocycles. The molecule has 2 fully saturated rings. The highest BCUT2D eigenvalue weighted by Gasteiger charge is 2.43. The fraction of sp³-hybridized carbons (Fsp3) is 1.00. The molecular formula is C10H18O2. The Labute approximate surface area is 73.9 Å². The Bertz CT molecular complexity index is 169. The molecule has 0 aromatic heterocycles. The second-order valence-corrected chi connectivity index (χ2v) is 4.48. The van der Waals surface area contributed by atoms with Crippen LogP contribution >= 0.6 is 0 Å². The zero-order valence-corrected chi connectivity index (χ0v) is 7.86. The molecule has 2 heteroatoms. The first-order valence-corrected chi connectivity index (χ1v) is 5.00. The van der Waals surface area contributed by atoms with E-state index in [-0.39, 0.29) is 12.2 Å². The number of aliphatic hydroxyl groups is 1. The topological polar surface area (TPSA) is 29.5 Å². The zero-order valence-electron chi connectivity index (χ0n) is 7.86. The van der Waals surface area contributed by atoms with Crippen molar-refractivity contribution in [2.75, 3.05) is 6.61 Å². The molecule has 2 aliphatic rings. The van der Waals surface area contributed by atoms with Crippen LogP contribution in [0.4, 0.5) is 0 Å². The summed E-state index contributed by atoms with van der Waals surface area (Å²) in [6, 6.07) is 0. The molecule has 1 saturated heterocycles. The van der Waals surface area contributed by atoms with Gasteiger partial charge in [0.05, 0.1) is 18.8 Å². The van der Waals surface area contributed by atoms with Crippen LogP contribution in [0.5, 0.6) is 0 Å². The number of fused-ring (bicyclic) bond motifs is 1. The van der Waals surface area contributed by atoms with Crippen molar-refractivity contribution < 1.29 is 9.84 Å². The van der Waals surface area contributed by atoms with Gasteiger partial charge in [0.25, 0.3) is 0 Å². The molecule has 1 heterocycles.